The Morgan fingerprint density at radius 2 is 1.59 bits per heavy atom. The highest BCUT2D eigenvalue weighted by molar-refractivity contribution is 5.99. The SMILES string of the molecule is CCC.CCC(Nc1c(Nc2cccc(C(=O)N(C)C)c2O)c(=O)c1=O)c1ccc(OC)cc1. The summed E-state index contributed by atoms with van der Waals surface area (Å²) in [6, 6.07) is 11.8. The van der Waals surface area contributed by atoms with Crippen LogP contribution in [0, 0.1) is 0 Å². The number of methoxy groups -OCH3 is 1. The van der Waals surface area contributed by atoms with Crippen molar-refractivity contribution in [3.63, 3.8) is 0 Å². The average molecular weight is 468 g/mol. The minimum absolute atomic E-state index is 0.0571. The Balaban J connectivity index is 0.00000129. The van der Waals surface area contributed by atoms with E-state index in [-0.39, 0.29) is 40.3 Å². The van der Waals surface area contributed by atoms with Crippen molar-refractivity contribution in [2.24, 2.45) is 0 Å². The Morgan fingerprint density at radius 1 is 1.00 bits per heavy atom. The molecule has 0 saturated carbocycles. The Labute approximate surface area is 199 Å². The maximum atomic E-state index is 12.2. The van der Waals surface area contributed by atoms with Crippen LogP contribution in [0.1, 0.15) is 55.6 Å². The molecule has 0 aliphatic rings. The van der Waals surface area contributed by atoms with Gasteiger partial charge in [-0.25, -0.2) is 0 Å². The molecule has 3 aromatic carbocycles. The molecule has 34 heavy (non-hydrogen) atoms. The fourth-order valence-electron chi connectivity index (χ4n) is 3.27. The van der Waals surface area contributed by atoms with Gasteiger partial charge in [-0.1, -0.05) is 45.4 Å². The number of phenols is 1. The van der Waals surface area contributed by atoms with Gasteiger partial charge in [0.1, 0.15) is 17.1 Å². The van der Waals surface area contributed by atoms with Gasteiger partial charge in [0.05, 0.1) is 24.4 Å². The van der Waals surface area contributed by atoms with Gasteiger partial charge in [0, 0.05) is 14.1 Å². The highest BCUT2D eigenvalue weighted by Crippen LogP contribution is 2.33. The van der Waals surface area contributed by atoms with Crippen LogP contribution in [0.4, 0.5) is 17.1 Å². The van der Waals surface area contributed by atoms with Crippen molar-refractivity contribution >= 4 is 23.0 Å². The van der Waals surface area contributed by atoms with Gasteiger partial charge in [0.15, 0.2) is 5.75 Å². The second-order valence-electron chi connectivity index (χ2n) is 8.02. The van der Waals surface area contributed by atoms with Gasteiger partial charge in [0.25, 0.3) is 16.8 Å². The van der Waals surface area contributed by atoms with E-state index in [0.29, 0.717) is 6.42 Å². The number of anilines is 3. The summed E-state index contributed by atoms with van der Waals surface area (Å²) in [5.74, 6) is 0.0511. The lowest BCUT2D eigenvalue weighted by molar-refractivity contribution is 0.0824. The molecule has 8 nitrogen and oxygen atoms in total. The molecule has 8 heteroatoms. The van der Waals surface area contributed by atoms with Gasteiger partial charge in [0.2, 0.25) is 0 Å². The maximum Gasteiger partial charge on any atom is 0.257 e. The zero-order chi connectivity index (χ0) is 25.4. The van der Waals surface area contributed by atoms with Crippen molar-refractivity contribution < 1.29 is 14.6 Å². The standard InChI is InChI=1S/C23H25N3O5.C3H8/c1-5-16(13-9-11-14(31-4)12-10-13)24-18-19(22(29)21(18)28)25-17-8-6-7-15(20(17)27)23(30)26(2)3;1-3-2/h6-12,16,24-25,27H,5H2,1-4H3;3H2,1-2H3. The molecule has 1 amide bonds. The second-order valence-corrected chi connectivity index (χ2v) is 8.02. The number of aromatic hydroxyl groups is 1. The Morgan fingerprint density at radius 3 is 2.12 bits per heavy atom. The lowest BCUT2D eigenvalue weighted by atomic mass is 10.0. The van der Waals surface area contributed by atoms with Gasteiger partial charge in [-0.2, -0.15) is 0 Å². The van der Waals surface area contributed by atoms with E-state index in [9.17, 15) is 19.5 Å². The molecule has 0 spiro atoms. The van der Waals surface area contributed by atoms with Crippen LogP contribution in [0.3, 0.4) is 0 Å². The van der Waals surface area contributed by atoms with Crippen molar-refractivity contribution in [3.05, 3.63) is 74.0 Å². The summed E-state index contributed by atoms with van der Waals surface area (Å²) < 4.78 is 5.17. The van der Waals surface area contributed by atoms with Gasteiger partial charge in [-0.3, -0.25) is 14.4 Å². The van der Waals surface area contributed by atoms with Crippen molar-refractivity contribution in [2.45, 2.75) is 39.7 Å². The predicted molar refractivity (Wildman–Crippen MR) is 136 cm³/mol. The topological polar surface area (TPSA) is 108 Å². The molecule has 0 aliphatic carbocycles. The predicted octanol–water partition coefficient (Wildman–Crippen LogP) is 4.42. The number of carbonyl (C=O) groups is 1. The largest absolute Gasteiger partial charge is 0.505 e. The van der Waals surface area contributed by atoms with Crippen molar-refractivity contribution in [2.75, 3.05) is 31.8 Å². The first kappa shape index (κ1) is 26.4. The minimum atomic E-state index is -0.684. The summed E-state index contributed by atoms with van der Waals surface area (Å²) in [5.41, 5.74) is 0.0837. The van der Waals surface area contributed by atoms with E-state index in [0.717, 1.165) is 11.3 Å². The van der Waals surface area contributed by atoms with Gasteiger partial charge in [-0.05, 0) is 36.2 Å². The number of nitrogens with one attached hydrogen (secondary N) is 2. The van der Waals surface area contributed by atoms with Gasteiger partial charge < -0.3 is 25.4 Å². The van der Waals surface area contributed by atoms with E-state index < -0.39 is 10.9 Å². The van der Waals surface area contributed by atoms with Crippen molar-refractivity contribution in [1.82, 2.24) is 4.90 Å². The first-order chi connectivity index (χ1) is 16.2. The number of ether oxygens (including phenoxy) is 1. The molecule has 0 bridgehead atoms. The van der Waals surface area contributed by atoms with E-state index in [4.69, 9.17) is 4.74 Å². The number of amides is 1. The molecular weight excluding hydrogens is 434 g/mol. The van der Waals surface area contributed by atoms with E-state index >= 15 is 0 Å². The number of rotatable bonds is 8. The molecule has 182 valence electrons. The van der Waals surface area contributed by atoms with Crippen LogP contribution in [0.25, 0.3) is 0 Å². The molecular formula is C26H33N3O5. The third-order valence-corrected chi connectivity index (χ3v) is 5.09. The van der Waals surface area contributed by atoms with Crippen LogP contribution >= 0.6 is 0 Å². The summed E-state index contributed by atoms with van der Waals surface area (Å²) in [5, 5.41) is 16.5. The zero-order valence-corrected chi connectivity index (χ0v) is 20.6. The molecule has 0 radical (unpaired) electrons. The van der Waals surface area contributed by atoms with Crippen LogP contribution in [0.5, 0.6) is 11.5 Å². The smallest absolute Gasteiger partial charge is 0.257 e. The molecule has 0 heterocycles. The van der Waals surface area contributed by atoms with Crippen LogP contribution in [-0.2, 0) is 0 Å². The van der Waals surface area contributed by atoms with Crippen LogP contribution in [0.15, 0.2) is 52.1 Å². The Kier molecular flexibility index (Phi) is 9.24. The fraction of sp³-hybridized carbons (Fsp3) is 0.346. The number of phenolic OH excluding ortho intramolecular Hbond substituents is 1. The number of hydrogen-bond acceptors (Lipinski definition) is 7. The second kappa shape index (κ2) is 11.9. The quantitative estimate of drug-likeness (QED) is 0.332. The molecule has 1 atom stereocenters. The third-order valence-electron chi connectivity index (χ3n) is 5.09. The normalized spacial score (nSPS) is 11.2. The third kappa shape index (κ3) is 5.75. The molecule has 0 fully saturated rings. The summed E-state index contributed by atoms with van der Waals surface area (Å²) in [4.78, 5) is 38.0. The first-order valence-corrected chi connectivity index (χ1v) is 11.2. The summed E-state index contributed by atoms with van der Waals surface area (Å²) in [6.07, 6.45) is 1.92. The Hall–Kier alpha value is -3.81. The summed E-state index contributed by atoms with van der Waals surface area (Å²) in [7, 11) is 4.73. The monoisotopic (exact) mass is 467 g/mol. The van der Waals surface area contributed by atoms with Crippen LogP contribution in [-0.4, -0.2) is 37.1 Å². The molecule has 3 rings (SSSR count). The van der Waals surface area contributed by atoms with E-state index in [1.807, 2.05) is 31.2 Å². The van der Waals surface area contributed by atoms with Crippen LogP contribution in [0.2, 0.25) is 0 Å². The van der Waals surface area contributed by atoms with Crippen LogP contribution < -0.4 is 26.2 Å². The van der Waals surface area contributed by atoms with E-state index in [2.05, 4.69) is 24.5 Å². The van der Waals surface area contributed by atoms with E-state index in [1.165, 1.54) is 23.5 Å². The van der Waals surface area contributed by atoms with Gasteiger partial charge >= 0.3 is 0 Å². The average Bonchev–Trinajstić information content (AvgIpc) is 2.84. The highest BCUT2D eigenvalue weighted by Gasteiger charge is 2.25. The fourth-order valence-corrected chi connectivity index (χ4v) is 3.27. The molecule has 0 aliphatic heterocycles. The van der Waals surface area contributed by atoms with Crippen molar-refractivity contribution in [1.29, 1.82) is 0 Å². The molecule has 0 aromatic heterocycles. The zero-order valence-electron chi connectivity index (χ0n) is 20.6. The minimum Gasteiger partial charge on any atom is -0.505 e. The maximum absolute atomic E-state index is 12.2. The number of benzene rings is 2. The van der Waals surface area contributed by atoms with Crippen molar-refractivity contribution in [3.8, 4) is 11.5 Å². The number of hydrogen-bond donors (Lipinski definition) is 3. The summed E-state index contributed by atoms with van der Waals surface area (Å²) in [6.45, 7) is 6.21. The molecule has 3 N–H and O–H groups in total. The molecule has 0 saturated heterocycles. The number of carbonyl (C=O) groups excluding carboxylic acids is 1. The highest BCUT2D eigenvalue weighted by atomic mass is 16.5. The number of nitrogens with zero attached hydrogens (tertiary/aromatic N) is 1. The lowest BCUT2D eigenvalue weighted by Gasteiger charge is -2.22. The molecule has 1 unspecified atom stereocenters. The number of para-hydroxylation sites is 1. The molecule has 3 aromatic rings. The lowest BCUT2D eigenvalue weighted by Crippen LogP contribution is -2.37. The first-order valence-electron chi connectivity index (χ1n) is 11.2. The van der Waals surface area contributed by atoms with Gasteiger partial charge in [-0.15, -0.1) is 0 Å². The Bertz CT molecular complexity index is 1180. The van der Waals surface area contributed by atoms with E-state index in [1.54, 1.807) is 27.3 Å². The summed E-state index contributed by atoms with van der Waals surface area (Å²) >= 11 is 0.